The van der Waals surface area contributed by atoms with Crippen LogP contribution in [0.1, 0.15) is 39.5 Å². The second kappa shape index (κ2) is 8.85. The van der Waals surface area contributed by atoms with Crippen molar-refractivity contribution in [1.29, 1.82) is 0 Å². The Morgan fingerprint density at radius 1 is 1.23 bits per heavy atom. The van der Waals surface area contributed by atoms with Crippen molar-refractivity contribution in [2.45, 2.75) is 51.7 Å². The SMILES string of the molecule is C[C@@H]1CN(CCC(=O)NCCC2CCCN(C)C2)C[C@H](C)O1. The minimum Gasteiger partial charge on any atom is -0.373 e. The lowest BCUT2D eigenvalue weighted by molar-refractivity contribution is -0.122. The molecule has 2 fully saturated rings. The zero-order valence-electron chi connectivity index (χ0n) is 14.5. The van der Waals surface area contributed by atoms with Crippen LogP contribution in [-0.4, -0.2) is 74.2 Å². The van der Waals surface area contributed by atoms with Crippen LogP contribution in [0.25, 0.3) is 0 Å². The largest absolute Gasteiger partial charge is 0.373 e. The Labute approximate surface area is 135 Å². The highest BCUT2D eigenvalue weighted by molar-refractivity contribution is 5.76. The number of carbonyl (C=O) groups is 1. The highest BCUT2D eigenvalue weighted by Gasteiger charge is 2.22. The predicted molar refractivity (Wildman–Crippen MR) is 88.9 cm³/mol. The molecule has 0 radical (unpaired) electrons. The second-order valence-electron chi connectivity index (χ2n) is 7.18. The molecule has 2 aliphatic heterocycles. The summed E-state index contributed by atoms with van der Waals surface area (Å²) >= 11 is 0. The Balaban J connectivity index is 1.56. The molecular formula is C17H33N3O2. The van der Waals surface area contributed by atoms with E-state index in [1.54, 1.807) is 0 Å². The summed E-state index contributed by atoms with van der Waals surface area (Å²) in [5, 5.41) is 3.09. The van der Waals surface area contributed by atoms with Gasteiger partial charge in [-0.1, -0.05) is 0 Å². The predicted octanol–water partition coefficient (Wildman–Crippen LogP) is 1.33. The molecule has 0 aromatic heterocycles. The molecule has 0 aliphatic carbocycles. The number of rotatable bonds is 6. The fourth-order valence-electron chi connectivity index (χ4n) is 3.74. The fraction of sp³-hybridized carbons (Fsp3) is 0.941. The van der Waals surface area contributed by atoms with Crippen molar-refractivity contribution in [3.63, 3.8) is 0 Å². The molecule has 0 bridgehead atoms. The first kappa shape index (κ1) is 17.7. The van der Waals surface area contributed by atoms with Gasteiger partial charge >= 0.3 is 0 Å². The minimum atomic E-state index is 0.191. The number of nitrogens with zero attached hydrogens (tertiary/aromatic N) is 2. The third-order valence-corrected chi connectivity index (χ3v) is 4.75. The van der Waals surface area contributed by atoms with E-state index >= 15 is 0 Å². The summed E-state index contributed by atoms with van der Waals surface area (Å²) in [6.07, 6.45) is 4.86. The average Bonchev–Trinajstić information content (AvgIpc) is 2.44. The van der Waals surface area contributed by atoms with Crippen molar-refractivity contribution < 1.29 is 9.53 Å². The maximum Gasteiger partial charge on any atom is 0.221 e. The highest BCUT2D eigenvalue weighted by atomic mass is 16.5. The zero-order chi connectivity index (χ0) is 15.9. The normalized spacial score (nSPS) is 31.1. The summed E-state index contributed by atoms with van der Waals surface area (Å²) in [5.74, 6) is 0.941. The highest BCUT2D eigenvalue weighted by Crippen LogP contribution is 2.17. The lowest BCUT2D eigenvalue weighted by Crippen LogP contribution is -2.46. The van der Waals surface area contributed by atoms with Crippen LogP contribution in [0.4, 0.5) is 0 Å². The van der Waals surface area contributed by atoms with E-state index in [1.807, 2.05) is 0 Å². The molecule has 1 N–H and O–H groups in total. The van der Waals surface area contributed by atoms with Gasteiger partial charge in [-0.05, 0) is 52.6 Å². The van der Waals surface area contributed by atoms with E-state index in [9.17, 15) is 4.79 Å². The van der Waals surface area contributed by atoms with Gasteiger partial charge in [0.05, 0.1) is 12.2 Å². The Kier molecular flexibility index (Phi) is 7.12. The molecule has 5 nitrogen and oxygen atoms in total. The van der Waals surface area contributed by atoms with Gasteiger partial charge in [-0.15, -0.1) is 0 Å². The number of amides is 1. The van der Waals surface area contributed by atoms with Crippen molar-refractivity contribution in [3.05, 3.63) is 0 Å². The van der Waals surface area contributed by atoms with Gasteiger partial charge in [-0.3, -0.25) is 9.69 Å². The van der Waals surface area contributed by atoms with Crippen LogP contribution in [0, 0.1) is 5.92 Å². The van der Waals surface area contributed by atoms with Gasteiger partial charge in [-0.25, -0.2) is 0 Å². The zero-order valence-corrected chi connectivity index (χ0v) is 14.5. The maximum atomic E-state index is 12.0. The van der Waals surface area contributed by atoms with Crippen LogP contribution < -0.4 is 5.32 Å². The first-order valence-corrected chi connectivity index (χ1v) is 8.86. The minimum absolute atomic E-state index is 0.191. The van der Waals surface area contributed by atoms with E-state index in [0.29, 0.717) is 6.42 Å². The first-order chi connectivity index (χ1) is 10.5. The molecule has 2 saturated heterocycles. The van der Waals surface area contributed by atoms with E-state index in [4.69, 9.17) is 4.74 Å². The summed E-state index contributed by atoms with van der Waals surface area (Å²) in [7, 11) is 2.19. The van der Waals surface area contributed by atoms with E-state index in [1.165, 1.54) is 25.9 Å². The number of morpholine rings is 1. The van der Waals surface area contributed by atoms with Gasteiger partial charge in [0.1, 0.15) is 0 Å². The van der Waals surface area contributed by atoms with E-state index in [-0.39, 0.29) is 18.1 Å². The van der Waals surface area contributed by atoms with Crippen molar-refractivity contribution in [3.8, 4) is 0 Å². The molecular weight excluding hydrogens is 278 g/mol. The molecule has 2 aliphatic rings. The summed E-state index contributed by atoms with van der Waals surface area (Å²) in [4.78, 5) is 16.7. The maximum absolute atomic E-state index is 12.0. The number of likely N-dealkylation sites (tertiary alicyclic amines) is 1. The molecule has 0 aromatic rings. The molecule has 128 valence electrons. The number of hydrogen-bond acceptors (Lipinski definition) is 4. The lowest BCUT2D eigenvalue weighted by Gasteiger charge is -2.35. The molecule has 1 unspecified atom stereocenters. The molecule has 0 spiro atoms. The molecule has 0 saturated carbocycles. The number of nitrogens with one attached hydrogen (secondary N) is 1. The van der Waals surface area contributed by atoms with Gasteiger partial charge in [0, 0.05) is 39.1 Å². The van der Waals surface area contributed by atoms with Gasteiger partial charge < -0.3 is 15.0 Å². The average molecular weight is 311 g/mol. The van der Waals surface area contributed by atoms with Crippen LogP contribution in [0.5, 0.6) is 0 Å². The van der Waals surface area contributed by atoms with E-state index in [0.717, 1.165) is 38.5 Å². The molecule has 22 heavy (non-hydrogen) atoms. The van der Waals surface area contributed by atoms with Crippen molar-refractivity contribution in [2.24, 2.45) is 5.92 Å². The van der Waals surface area contributed by atoms with E-state index in [2.05, 4.69) is 36.0 Å². The molecule has 0 aromatic carbocycles. The number of carbonyl (C=O) groups excluding carboxylic acids is 1. The lowest BCUT2D eigenvalue weighted by atomic mass is 9.95. The Morgan fingerprint density at radius 3 is 2.64 bits per heavy atom. The van der Waals surface area contributed by atoms with E-state index < -0.39 is 0 Å². The summed E-state index contributed by atoms with van der Waals surface area (Å²) < 4.78 is 5.72. The van der Waals surface area contributed by atoms with Crippen LogP contribution in [0.15, 0.2) is 0 Å². The first-order valence-electron chi connectivity index (χ1n) is 8.86. The second-order valence-corrected chi connectivity index (χ2v) is 7.18. The van der Waals surface area contributed by atoms with Gasteiger partial charge in [-0.2, -0.15) is 0 Å². The van der Waals surface area contributed by atoms with Crippen molar-refractivity contribution in [2.75, 3.05) is 46.3 Å². The molecule has 5 heteroatoms. The smallest absolute Gasteiger partial charge is 0.221 e. The van der Waals surface area contributed by atoms with Crippen LogP contribution in [0.3, 0.4) is 0 Å². The number of hydrogen-bond donors (Lipinski definition) is 1. The summed E-state index contributed by atoms with van der Waals surface area (Å²) in [6, 6.07) is 0. The summed E-state index contributed by atoms with van der Waals surface area (Å²) in [6.45, 7) is 10.1. The Hall–Kier alpha value is -0.650. The Bertz CT molecular complexity index is 341. The third kappa shape index (κ3) is 6.23. The van der Waals surface area contributed by atoms with Crippen molar-refractivity contribution in [1.82, 2.24) is 15.1 Å². The molecule has 3 atom stereocenters. The monoisotopic (exact) mass is 311 g/mol. The molecule has 1 amide bonds. The van der Waals surface area contributed by atoms with Gasteiger partial charge in [0.25, 0.3) is 0 Å². The molecule has 2 rings (SSSR count). The van der Waals surface area contributed by atoms with Gasteiger partial charge in [0.2, 0.25) is 5.91 Å². The number of ether oxygens (including phenoxy) is 1. The molecule has 2 heterocycles. The third-order valence-electron chi connectivity index (χ3n) is 4.75. The van der Waals surface area contributed by atoms with Crippen LogP contribution >= 0.6 is 0 Å². The quantitative estimate of drug-likeness (QED) is 0.804. The van der Waals surface area contributed by atoms with Gasteiger partial charge in [0.15, 0.2) is 0 Å². The van der Waals surface area contributed by atoms with Crippen molar-refractivity contribution >= 4 is 5.91 Å². The van der Waals surface area contributed by atoms with Crippen LogP contribution in [-0.2, 0) is 9.53 Å². The topological polar surface area (TPSA) is 44.8 Å². The fourth-order valence-corrected chi connectivity index (χ4v) is 3.74. The number of piperidine rings is 1. The van der Waals surface area contributed by atoms with Crippen LogP contribution in [0.2, 0.25) is 0 Å². The summed E-state index contributed by atoms with van der Waals surface area (Å²) in [5.41, 5.74) is 0. The Morgan fingerprint density at radius 2 is 1.95 bits per heavy atom. The standard InChI is InChI=1S/C17H33N3O2/c1-14-11-20(12-15(2)22-14)10-7-17(21)18-8-6-16-5-4-9-19(3)13-16/h14-16H,4-13H2,1-3H3,(H,18,21)/t14-,15+,16?.